The summed E-state index contributed by atoms with van der Waals surface area (Å²) in [5, 5.41) is 3.61. The van der Waals surface area contributed by atoms with E-state index < -0.39 is 0 Å². The monoisotopic (exact) mass is 296 g/mol. The third-order valence-electron chi connectivity index (χ3n) is 4.36. The molecular weight excluding hydrogens is 272 g/mol. The number of hydrogen-bond acceptors (Lipinski definition) is 4. The summed E-state index contributed by atoms with van der Waals surface area (Å²) in [5.41, 5.74) is 1.33. The first-order valence-corrected chi connectivity index (χ1v) is 8.04. The summed E-state index contributed by atoms with van der Waals surface area (Å²) in [6.07, 6.45) is 7.08. The fourth-order valence-corrected chi connectivity index (χ4v) is 2.85. The molecule has 0 spiro atoms. The van der Waals surface area contributed by atoms with Gasteiger partial charge in [0.2, 0.25) is 5.95 Å². The van der Waals surface area contributed by atoms with Crippen LogP contribution in [0.3, 0.4) is 0 Å². The van der Waals surface area contributed by atoms with Crippen molar-refractivity contribution in [2.45, 2.75) is 31.7 Å². The molecule has 1 aliphatic carbocycles. The van der Waals surface area contributed by atoms with E-state index in [1.165, 1.54) is 31.2 Å². The highest BCUT2D eigenvalue weighted by atomic mass is 15.2. The first-order chi connectivity index (χ1) is 10.7. The number of nitrogens with one attached hydrogen (secondary N) is 1. The molecule has 0 radical (unpaired) electrons. The highest BCUT2D eigenvalue weighted by Crippen LogP contribution is 2.36. The van der Waals surface area contributed by atoms with Gasteiger partial charge >= 0.3 is 0 Å². The standard InChI is InChI=1S/C18H24N4/c1-22(2)18-19-12-11-17(21-18)20-16(13-14-7-6-8-14)15-9-4-3-5-10-15/h3-5,9-12,14,16H,6-8,13H2,1-2H3,(H,19,20,21). The van der Waals surface area contributed by atoms with Crippen LogP contribution in [-0.2, 0) is 0 Å². The van der Waals surface area contributed by atoms with Crippen LogP contribution in [0.1, 0.15) is 37.3 Å². The quantitative estimate of drug-likeness (QED) is 0.878. The van der Waals surface area contributed by atoms with E-state index in [9.17, 15) is 0 Å². The maximum Gasteiger partial charge on any atom is 0.226 e. The number of aromatic nitrogens is 2. The van der Waals surface area contributed by atoms with E-state index in [-0.39, 0.29) is 0 Å². The lowest BCUT2D eigenvalue weighted by atomic mass is 9.79. The number of hydrogen-bond donors (Lipinski definition) is 1. The van der Waals surface area contributed by atoms with Crippen molar-refractivity contribution in [2.75, 3.05) is 24.3 Å². The molecule has 1 aliphatic rings. The first-order valence-electron chi connectivity index (χ1n) is 8.04. The summed E-state index contributed by atoms with van der Waals surface area (Å²) < 4.78 is 0. The largest absolute Gasteiger partial charge is 0.363 e. The zero-order valence-electron chi connectivity index (χ0n) is 13.4. The Bertz CT molecular complexity index is 593. The van der Waals surface area contributed by atoms with E-state index in [1.807, 2.05) is 31.3 Å². The van der Waals surface area contributed by atoms with Crippen molar-refractivity contribution in [1.29, 1.82) is 0 Å². The Kier molecular flexibility index (Phi) is 4.56. The molecule has 0 saturated heterocycles. The van der Waals surface area contributed by atoms with Gasteiger partial charge in [-0.2, -0.15) is 4.98 Å². The Balaban J connectivity index is 1.78. The van der Waals surface area contributed by atoms with Gasteiger partial charge < -0.3 is 10.2 Å². The molecule has 1 atom stereocenters. The van der Waals surface area contributed by atoms with Gasteiger partial charge in [-0.1, -0.05) is 49.6 Å². The third-order valence-corrected chi connectivity index (χ3v) is 4.36. The van der Waals surface area contributed by atoms with Crippen LogP contribution in [-0.4, -0.2) is 24.1 Å². The van der Waals surface area contributed by atoms with E-state index in [0.717, 1.165) is 17.7 Å². The minimum absolute atomic E-state index is 0.316. The predicted molar refractivity (Wildman–Crippen MR) is 91.1 cm³/mol. The Morgan fingerprint density at radius 2 is 1.95 bits per heavy atom. The number of rotatable bonds is 6. The number of nitrogens with zero attached hydrogens (tertiary/aromatic N) is 3. The van der Waals surface area contributed by atoms with Gasteiger partial charge in [0.1, 0.15) is 5.82 Å². The highest BCUT2D eigenvalue weighted by molar-refractivity contribution is 5.42. The molecule has 22 heavy (non-hydrogen) atoms. The molecule has 0 bridgehead atoms. The van der Waals surface area contributed by atoms with E-state index in [1.54, 1.807) is 0 Å². The second kappa shape index (κ2) is 6.77. The second-order valence-corrected chi connectivity index (χ2v) is 6.28. The van der Waals surface area contributed by atoms with E-state index in [4.69, 9.17) is 0 Å². The number of benzene rings is 1. The molecule has 3 rings (SSSR count). The van der Waals surface area contributed by atoms with Gasteiger partial charge in [0.15, 0.2) is 0 Å². The lowest BCUT2D eigenvalue weighted by molar-refractivity contribution is 0.282. The van der Waals surface area contributed by atoms with Crippen molar-refractivity contribution in [3.63, 3.8) is 0 Å². The number of anilines is 2. The lowest BCUT2D eigenvalue weighted by Gasteiger charge is -2.30. The molecule has 4 nitrogen and oxygen atoms in total. The van der Waals surface area contributed by atoms with Crippen molar-refractivity contribution in [3.8, 4) is 0 Å². The summed E-state index contributed by atoms with van der Waals surface area (Å²) in [6, 6.07) is 12.9. The van der Waals surface area contributed by atoms with E-state index in [0.29, 0.717) is 6.04 Å². The van der Waals surface area contributed by atoms with Crippen LogP contribution in [0.2, 0.25) is 0 Å². The Labute approximate surface area is 132 Å². The molecule has 0 aliphatic heterocycles. The molecule has 1 heterocycles. The van der Waals surface area contributed by atoms with Crippen LogP contribution in [0.5, 0.6) is 0 Å². The zero-order chi connectivity index (χ0) is 15.4. The van der Waals surface area contributed by atoms with Crippen LogP contribution < -0.4 is 10.2 Å². The summed E-state index contributed by atoms with van der Waals surface area (Å²) in [5.74, 6) is 2.47. The molecule has 1 aromatic carbocycles. The molecule has 1 fully saturated rings. The maximum absolute atomic E-state index is 4.59. The van der Waals surface area contributed by atoms with Crippen LogP contribution in [0, 0.1) is 5.92 Å². The van der Waals surface area contributed by atoms with Gasteiger partial charge in [-0.25, -0.2) is 4.98 Å². The molecule has 1 aromatic heterocycles. The van der Waals surface area contributed by atoms with Crippen molar-refractivity contribution >= 4 is 11.8 Å². The summed E-state index contributed by atoms with van der Waals surface area (Å²) in [6.45, 7) is 0. The molecule has 1 N–H and O–H groups in total. The van der Waals surface area contributed by atoms with Crippen LogP contribution >= 0.6 is 0 Å². The average molecular weight is 296 g/mol. The molecule has 1 saturated carbocycles. The van der Waals surface area contributed by atoms with Gasteiger partial charge in [-0.3, -0.25) is 0 Å². The minimum atomic E-state index is 0.316. The molecular formula is C18H24N4. The summed E-state index contributed by atoms with van der Waals surface area (Å²) in [4.78, 5) is 10.8. The second-order valence-electron chi connectivity index (χ2n) is 6.28. The van der Waals surface area contributed by atoms with Crippen LogP contribution in [0.15, 0.2) is 42.6 Å². The normalized spacial score (nSPS) is 15.9. The Morgan fingerprint density at radius 1 is 1.18 bits per heavy atom. The van der Waals surface area contributed by atoms with E-state index in [2.05, 4.69) is 45.6 Å². The topological polar surface area (TPSA) is 41.1 Å². The van der Waals surface area contributed by atoms with Gasteiger partial charge in [-0.15, -0.1) is 0 Å². The molecule has 4 heteroatoms. The third kappa shape index (κ3) is 3.56. The zero-order valence-corrected chi connectivity index (χ0v) is 13.4. The summed E-state index contributed by atoms with van der Waals surface area (Å²) in [7, 11) is 3.92. The molecule has 0 amide bonds. The fraction of sp³-hybridized carbons (Fsp3) is 0.444. The van der Waals surface area contributed by atoms with Crippen molar-refractivity contribution < 1.29 is 0 Å². The Morgan fingerprint density at radius 3 is 2.59 bits per heavy atom. The van der Waals surface area contributed by atoms with Crippen molar-refractivity contribution in [1.82, 2.24) is 9.97 Å². The first kappa shape index (κ1) is 14.8. The van der Waals surface area contributed by atoms with Gasteiger partial charge in [0, 0.05) is 20.3 Å². The van der Waals surface area contributed by atoms with Crippen molar-refractivity contribution in [3.05, 3.63) is 48.2 Å². The van der Waals surface area contributed by atoms with Crippen molar-refractivity contribution in [2.24, 2.45) is 5.92 Å². The average Bonchev–Trinajstić information content (AvgIpc) is 2.50. The molecule has 116 valence electrons. The smallest absolute Gasteiger partial charge is 0.226 e. The van der Waals surface area contributed by atoms with Crippen LogP contribution in [0.25, 0.3) is 0 Å². The van der Waals surface area contributed by atoms with Gasteiger partial charge in [0.25, 0.3) is 0 Å². The van der Waals surface area contributed by atoms with Crippen LogP contribution in [0.4, 0.5) is 11.8 Å². The maximum atomic E-state index is 4.59. The predicted octanol–water partition coefficient (Wildman–Crippen LogP) is 3.89. The molecule has 1 unspecified atom stereocenters. The minimum Gasteiger partial charge on any atom is -0.363 e. The fourth-order valence-electron chi connectivity index (χ4n) is 2.85. The summed E-state index contributed by atoms with van der Waals surface area (Å²) >= 11 is 0. The SMILES string of the molecule is CN(C)c1nccc(NC(CC2CCC2)c2ccccc2)n1. The van der Waals surface area contributed by atoms with E-state index >= 15 is 0 Å². The van der Waals surface area contributed by atoms with Gasteiger partial charge in [-0.05, 0) is 24.0 Å². The molecule has 2 aromatic rings. The highest BCUT2D eigenvalue weighted by Gasteiger charge is 2.23. The van der Waals surface area contributed by atoms with Gasteiger partial charge in [0.05, 0.1) is 6.04 Å². The Hall–Kier alpha value is -2.10. The lowest BCUT2D eigenvalue weighted by Crippen LogP contribution is -2.21.